The van der Waals surface area contributed by atoms with Crippen LogP contribution in [0.2, 0.25) is 0 Å². The normalized spacial score (nSPS) is 14.0. The van der Waals surface area contributed by atoms with E-state index in [2.05, 4.69) is 5.32 Å². The minimum Gasteiger partial charge on any atom is -0.490 e. The molecule has 1 aliphatic rings. The summed E-state index contributed by atoms with van der Waals surface area (Å²) in [7, 11) is 0. The topological polar surface area (TPSA) is 47.6 Å². The van der Waals surface area contributed by atoms with E-state index in [0.29, 0.717) is 17.1 Å². The summed E-state index contributed by atoms with van der Waals surface area (Å²) in [6.07, 6.45) is 0.851. The van der Waals surface area contributed by atoms with E-state index in [9.17, 15) is 13.6 Å². The fourth-order valence-corrected chi connectivity index (χ4v) is 2.61. The predicted octanol–water partition coefficient (Wildman–Crippen LogP) is 4.19. The fraction of sp³-hybridized carbons (Fsp3) is 0.350. The zero-order valence-corrected chi connectivity index (χ0v) is 14.3. The average molecular weight is 361 g/mol. The summed E-state index contributed by atoms with van der Waals surface area (Å²) in [4.78, 5) is 12.5. The van der Waals surface area contributed by atoms with Gasteiger partial charge in [-0.1, -0.05) is 24.3 Å². The highest BCUT2D eigenvalue weighted by Gasteiger charge is 2.21. The smallest absolute Gasteiger partial charge is 0.272 e. The van der Waals surface area contributed by atoms with Gasteiger partial charge in [-0.15, -0.1) is 0 Å². The Hall–Kier alpha value is -2.63. The number of amides is 1. The Bertz CT molecular complexity index is 747. The second-order valence-electron chi connectivity index (χ2n) is 6.20. The van der Waals surface area contributed by atoms with Crippen molar-refractivity contribution in [1.29, 1.82) is 0 Å². The van der Waals surface area contributed by atoms with Crippen molar-refractivity contribution >= 4 is 5.91 Å². The second-order valence-corrected chi connectivity index (χ2v) is 6.20. The Balaban J connectivity index is 1.59. The molecule has 0 bridgehead atoms. The van der Waals surface area contributed by atoms with Crippen molar-refractivity contribution < 1.29 is 23.0 Å². The molecule has 26 heavy (non-hydrogen) atoms. The summed E-state index contributed by atoms with van der Waals surface area (Å²) >= 11 is 0. The summed E-state index contributed by atoms with van der Waals surface area (Å²) in [6.45, 7) is -0.385. The molecule has 1 amide bonds. The molecule has 2 aromatic rings. The van der Waals surface area contributed by atoms with E-state index in [0.717, 1.165) is 24.8 Å². The molecule has 1 N–H and O–H groups in total. The van der Waals surface area contributed by atoms with Crippen molar-refractivity contribution in [2.75, 3.05) is 6.61 Å². The number of hydrogen-bond donors (Lipinski definition) is 1. The lowest BCUT2D eigenvalue weighted by Crippen LogP contribution is -2.27. The average Bonchev–Trinajstić information content (AvgIpc) is 2.62. The summed E-state index contributed by atoms with van der Waals surface area (Å²) in [5, 5.41) is 2.83. The van der Waals surface area contributed by atoms with Gasteiger partial charge in [0.25, 0.3) is 12.3 Å². The number of carbonyl (C=O) groups excluding carboxylic acids is 1. The van der Waals surface area contributed by atoms with Crippen LogP contribution in [-0.4, -0.2) is 25.0 Å². The molecule has 6 heteroatoms. The molecule has 4 nitrogen and oxygen atoms in total. The van der Waals surface area contributed by atoms with Crippen LogP contribution >= 0.6 is 0 Å². The fourth-order valence-electron chi connectivity index (χ4n) is 2.61. The van der Waals surface area contributed by atoms with Crippen molar-refractivity contribution in [3.63, 3.8) is 0 Å². The van der Waals surface area contributed by atoms with Gasteiger partial charge in [0.05, 0.1) is 11.7 Å². The number of para-hydroxylation sites is 1. The molecule has 0 unspecified atom stereocenters. The molecule has 0 atom stereocenters. The molecule has 1 aliphatic carbocycles. The van der Waals surface area contributed by atoms with Gasteiger partial charge in [0.2, 0.25) is 0 Å². The first-order valence-electron chi connectivity index (χ1n) is 8.65. The SMILES string of the molecule is O=C(NCc1cccc(OCC(F)F)c1)c1ccccc1OC1CCC1. The van der Waals surface area contributed by atoms with Gasteiger partial charge in [0.15, 0.2) is 0 Å². The monoisotopic (exact) mass is 361 g/mol. The summed E-state index contributed by atoms with van der Waals surface area (Å²) < 4.78 is 35.3. The Labute approximate surface area is 151 Å². The minimum absolute atomic E-state index is 0.188. The number of nitrogens with one attached hydrogen (secondary N) is 1. The lowest BCUT2D eigenvalue weighted by molar-refractivity contribution is 0.0818. The van der Waals surface area contributed by atoms with E-state index < -0.39 is 13.0 Å². The Morgan fingerprint density at radius 1 is 1.15 bits per heavy atom. The van der Waals surface area contributed by atoms with Crippen LogP contribution in [0, 0.1) is 0 Å². The number of carbonyl (C=O) groups is 1. The maximum Gasteiger partial charge on any atom is 0.272 e. The molecule has 0 saturated heterocycles. The van der Waals surface area contributed by atoms with E-state index in [1.165, 1.54) is 0 Å². The minimum atomic E-state index is -2.52. The molecule has 0 aliphatic heterocycles. The van der Waals surface area contributed by atoms with E-state index in [-0.39, 0.29) is 18.6 Å². The van der Waals surface area contributed by atoms with Crippen LogP contribution in [0.5, 0.6) is 11.5 Å². The van der Waals surface area contributed by atoms with E-state index in [4.69, 9.17) is 9.47 Å². The highest BCUT2D eigenvalue weighted by atomic mass is 19.3. The van der Waals surface area contributed by atoms with Gasteiger partial charge in [-0.2, -0.15) is 0 Å². The van der Waals surface area contributed by atoms with Crippen molar-refractivity contribution in [3.8, 4) is 11.5 Å². The standard InChI is InChI=1S/C20H21F2NO3/c21-19(22)13-25-16-8-3-5-14(11-16)12-23-20(24)17-9-1-2-10-18(17)26-15-6-4-7-15/h1-3,5,8-11,15,19H,4,6-7,12-13H2,(H,23,24). The van der Waals surface area contributed by atoms with Crippen molar-refractivity contribution in [1.82, 2.24) is 5.32 Å². The largest absolute Gasteiger partial charge is 0.490 e. The third kappa shape index (κ3) is 4.94. The Morgan fingerprint density at radius 3 is 2.69 bits per heavy atom. The summed E-state index contributed by atoms with van der Waals surface area (Å²) in [5.74, 6) is 0.702. The summed E-state index contributed by atoms with van der Waals surface area (Å²) in [5.41, 5.74) is 1.26. The van der Waals surface area contributed by atoms with Gasteiger partial charge >= 0.3 is 0 Å². The first-order chi connectivity index (χ1) is 12.6. The molecule has 1 fully saturated rings. The quantitative estimate of drug-likeness (QED) is 0.767. The number of halogens is 2. The first-order valence-corrected chi connectivity index (χ1v) is 8.65. The van der Waals surface area contributed by atoms with Crippen molar-refractivity contribution in [3.05, 3.63) is 59.7 Å². The molecular weight excluding hydrogens is 340 g/mol. The predicted molar refractivity (Wildman–Crippen MR) is 93.8 cm³/mol. The van der Waals surface area contributed by atoms with Gasteiger partial charge in [0.1, 0.15) is 18.1 Å². The molecule has 0 radical (unpaired) electrons. The van der Waals surface area contributed by atoms with Crippen LogP contribution in [0.1, 0.15) is 35.2 Å². The molecule has 0 spiro atoms. The number of alkyl halides is 2. The third-order valence-electron chi connectivity index (χ3n) is 4.21. The lowest BCUT2D eigenvalue weighted by Gasteiger charge is -2.27. The number of rotatable bonds is 8. The second kappa shape index (κ2) is 8.65. The molecule has 1 saturated carbocycles. The summed E-state index contributed by atoms with van der Waals surface area (Å²) in [6, 6.07) is 13.9. The Morgan fingerprint density at radius 2 is 1.96 bits per heavy atom. The molecule has 3 rings (SSSR count). The zero-order valence-electron chi connectivity index (χ0n) is 14.3. The van der Waals surface area contributed by atoms with Gasteiger partial charge < -0.3 is 14.8 Å². The van der Waals surface area contributed by atoms with Gasteiger partial charge in [0, 0.05) is 6.54 Å². The molecule has 138 valence electrons. The zero-order chi connectivity index (χ0) is 18.4. The number of hydrogen-bond acceptors (Lipinski definition) is 3. The van der Waals surface area contributed by atoms with Crippen LogP contribution in [-0.2, 0) is 6.54 Å². The molecular formula is C20H21F2NO3. The maximum absolute atomic E-state index is 12.5. The lowest BCUT2D eigenvalue weighted by atomic mass is 9.96. The van der Waals surface area contributed by atoms with Crippen molar-refractivity contribution in [2.24, 2.45) is 0 Å². The molecule has 0 heterocycles. The molecule has 2 aromatic carbocycles. The van der Waals surface area contributed by atoms with Gasteiger partial charge in [-0.25, -0.2) is 8.78 Å². The van der Waals surface area contributed by atoms with E-state index >= 15 is 0 Å². The Kier molecular flexibility index (Phi) is 6.04. The van der Waals surface area contributed by atoms with Crippen LogP contribution in [0.3, 0.4) is 0 Å². The molecule has 0 aromatic heterocycles. The van der Waals surface area contributed by atoms with Crippen molar-refractivity contribution in [2.45, 2.75) is 38.3 Å². The van der Waals surface area contributed by atoms with Crippen LogP contribution in [0.4, 0.5) is 8.78 Å². The third-order valence-corrected chi connectivity index (χ3v) is 4.21. The highest BCUT2D eigenvalue weighted by Crippen LogP contribution is 2.27. The maximum atomic E-state index is 12.5. The number of benzene rings is 2. The van der Waals surface area contributed by atoms with Crippen LogP contribution < -0.4 is 14.8 Å². The van der Waals surface area contributed by atoms with E-state index in [1.807, 2.05) is 6.07 Å². The van der Waals surface area contributed by atoms with Gasteiger partial charge in [-0.3, -0.25) is 4.79 Å². The number of ether oxygens (including phenoxy) is 2. The highest BCUT2D eigenvalue weighted by molar-refractivity contribution is 5.96. The van der Waals surface area contributed by atoms with Gasteiger partial charge in [-0.05, 0) is 49.1 Å². The van der Waals surface area contributed by atoms with Crippen LogP contribution in [0.25, 0.3) is 0 Å². The van der Waals surface area contributed by atoms with Crippen LogP contribution in [0.15, 0.2) is 48.5 Å². The van der Waals surface area contributed by atoms with E-state index in [1.54, 1.807) is 42.5 Å². The first kappa shape index (κ1) is 18.2.